The molecule has 1 rings (SSSR count). The van der Waals surface area contributed by atoms with Crippen LogP contribution in [0.2, 0.25) is 0 Å². The third-order valence-corrected chi connectivity index (χ3v) is 2.19. The fraction of sp³-hybridized carbons (Fsp3) is 0.800. The number of hydrogen-bond donors (Lipinski definition) is 3. The van der Waals surface area contributed by atoms with Crippen LogP contribution in [-0.4, -0.2) is 49.8 Å². The number of hydrogen-bond acceptors (Lipinski definition) is 5. The van der Waals surface area contributed by atoms with Crippen molar-refractivity contribution >= 4 is 12.0 Å². The molecule has 1 heterocycles. The zero-order valence-electron chi connectivity index (χ0n) is 10.0. The predicted octanol–water partition coefficient (Wildman–Crippen LogP) is -0.155. The maximum absolute atomic E-state index is 11.0. The largest absolute Gasteiger partial charge is 0.479 e. The number of amides is 2. The molecular weight excluding hydrogens is 244 g/mol. The second kappa shape index (κ2) is 8.67. The Morgan fingerprint density at radius 3 is 2.89 bits per heavy atom. The van der Waals surface area contributed by atoms with E-state index >= 15 is 0 Å². The Kier molecular flexibility index (Phi) is 7.07. The van der Waals surface area contributed by atoms with Gasteiger partial charge in [-0.05, 0) is 19.3 Å². The van der Waals surface area contributed by atoms with Gasteiger partial charge in [0.25, 0.3) is 0 Å². The molecule has 1 fully saturated rings. The van der Waals surface area contributed by atoms with Crippen LogP contribution >= 0.6 is 0 Å². The first-order valence-electron chi connectivity index (χ1n) is 5.79. The van der Waals surface area contributed by atoms with E-state index in [1.54, 1.807) is 0 Å². The molecule has 0 spiro atoms. The van der Waals surface area contributed by atoms with E-state index in [1.165, 1.54) is 0 Å². The summed E-state index contributed by atoms with van der Waals surface area (Å²) in [4.78, 5) is 25.5. The average Bonchev–Trinajstić information content (AvgIpc) is 2.35. The summed E-state index contributed by atoms with van der Waals surface area (Å²) in [5, 5.41) is 10.7. The minimum atomic E-state index is -1.16. The van der Waals surface area contributed by atoms with Gasteiger partial charge in [0.1, 0.15) is 0 Å². The van der Waals surface area contributed by atoms with Crippen molar-refractivity contribution in [2.45, 2.75) is 25.6 Å². The van der Waals surface area contributed by atoms with Crippen LogP contribution in [0.1, 0.15) is 19.3 Å². The van der Waals surface area contributed by atoms with E-state index < -0.39 is 18.6 Å². The van der Waals surface area contributed by atoms with Gasteiger partial charge in [-0.2, -0.15) is 0 Å². The third kappa shape index (κ3) is 7.05. The van der Waals surface area contributed by atoms with Gasteiger partial charge in [-0.1, -0.05) is 0 Å². The molecule has 0 radical (unpaired) electrons. The zero-order chi connectivity index (χ0) is 13.2. The third-order valence-electron chi connectivity index (χ3n) is 2.19. The summed E-state index contributed by atoms with van der Waals surface area (Å²) >= 11 is 0. The lowest BCUT2D eigenvalue weighted by atomic mass is 10.2. The van der Waals surface area contributed by atoms with Crippen LogP contribution in [0.3, 0.4) is 0 Å². The lowest BCUT2D eigenvalue weighted by molar-refractivity contribution is -0.161. The average molecular weight is 262 g/mol. The maximum atomic E-state index is 11.0. The normalized spacial score (nSPS) is 19.2. The van der Waals surface area contributed by atoms with E-state index in [9.17, 15) is 9.59 Å². The van der Waals surface area contributed by atoms with Crippen molar-refractivity contribution in [2.24, 2.45) is 0 Å². The van der Waals surface area contributed by atoms with Gasteiger partial charge in [-0.25, -0.2) is 15.1 Å². The number of carbonyl (C=O) groups excluding carboxylic acids is 1. The lowest BCUT2D eigenvalue weighted by Crippen LogP contribution is -2.38. The number of ether oxygens (including phenoxy) is 2. The van der Waals surface area contributed by atoms with Gasteiger partial charge >= 0.3 is 12.0 Å². The van der Waals surface area contributed by atoms with Gasteiger partial charge in [0.2, 0.25) is 0 Å². The summed E-state index contributed by atoms with van der Waals surface area (Å²) in [5.41, 5.74) is 1.93. The number of carboxylic acids is 1. The SMILES string of the molecule is O=C(O)CONC(=O)NCCOC1CCCCO1. The lowest BCUT2D eigenvalue weighted by Gasteiger charge is -2.22. The van der Waals surface area contributed by atoms with Crippen LogP contribution < -0.4 is 10.8 Å². The summed E-state index contributed by atoms with van der Waals surface area (Å²) in [5.74, 6) is -1.16. The van der Waals surface area contributed by atoms with Crippen molar-refractivity contribution in [3.8, 4) is 0 Å². The van der Waals surface area contributed by atoms with Gasteiger partial charge in [0.05, 0.1) is 6.61 Å². The molecule has 0 saturated carbocycles. The number of hydroxylamine groups is 1. The van der Waals surface area contributed by atoms with Gasteiger partial charge in [0, 0.05) is 13.2 Å². The Bertz CT molecular complexity index is 267. The first-order chi connectivity index (χ1) is 8.68. The molecule has 3 N–H and O–H groups in total. The van der Waals surface area contributed by atoms with Crippen LogP contribution in [-0.2, 0) is 19.1 Å². The van der Waals surface area contributed by atoms with Gasteiger partial charge in [-0.15, -0.1) is 0 Å². The van der Waals surface area contributed by atoms with Crippen LogP contribution in [0.4, 0.5) is 4.79 Å². The Hall–Kier alpha value is -1.38. The van der Waals surface area contributed by atoms with E-state index in [2.05, 4.69) is 10.2 Å². The van der Waals surface area contributed by atoms with E-state index in [0.717, 1.165) is 19.3 Å². The van der Waals surface area contributed by atoms with Crippen LogP contribution in [0.5, 0.6) is 0 Å². The smallest absolute Gasteiger partial charge is 0.338 e. The Morgan fingerprint density at radius 1 is 1.39 bits per heavy atom. The van der Waals surface area contributed by atoms with Crippen molar-refractivity contribution in [2.75, 3.05) is 26.4 Å². The summed E-state index contributed by atoms with van der Waals surface area (Å²) < 4.78 is 10.7. The monoisotopic (exact) mass is 262 g/mol. The number of carbonyl (C=O) groups is 2. The number of nitrogens with one attached hydrogen (secondary N) is 2. The first kappa shape index (κ1) is 14.7. The fourth-order valence-corrected chi connectivity index (χ4v) is 1.40. The molecule has 8 heteroatoms. The summed E-state index contributed by atoms with van der Waals surface area (Å²) in [7, 11) is 0. The molecule has 8 nitrogen and oxygen atoms in total. The molecule has 18 heavy (non-hydrogen) atoms. The molecule has 0 aromatic carbocycles. The molecule has 1 aliphatic heterocycles. The minimum absolute atomic E-state index is 0.188. The molecule has 2 amide bonds. The summed E-state index contributed by atoms with van der Waals surface area (Å²) in [6.07, 6.45) is 2.82. The molecule has 1 aliphatic rings. The van der Waals surface area contributed by atoms with Crippen LogP contribution in [0.15, 0.2) is 0 Å². The Balaban J connectivity index is 1.93. The minimum Gasteiger partial charge on any atom is -0.479 e. The van der Waals surface area contributed by atoms with Gasteiger partial charge in [0.15, 0.2) is 12.9 Å². The van der Waals surface area contributed by atoms with Gasteiger partial charge in [-0.3, -0.25) is 4.84 Å². The fourth-order valence-electron chi connectivity index (χ4n) is 1.40. The van der Waals surface area contributed by atoms with Crippen molar-refractivity contribution < 1.29 is 29.0 Å². The van der Waals surface area contributed by atoms with Crippen LogP contribution in [0.25, 0.3) is 0 Å². The standard InChI is InChI=1S/C10H18N2O6/c13-8(14)7-18-12-10(15)11-4-6-17-9-3-1-2-5-16-9/h9H,1-7H2,(H,13,14)(H2,11,12,15). The Morgan fingerprint density at radius 2 is 2.22 bits per heavy atom. The van der Waals surface area contributed by atoms with E-state index in [0.29, 0.717) is 19.8 Å². The molecular formula is C10H18N2O6. The van der Waals surface area contributed by atoms with E-state index in [-0.39, 0.29) is 6.29 Å². The van der Waals surface area contributed by atoms with E-state index in [4.69, 9.17) is 14.6 Å². The second-order valence-corrected chi connectivity index (χ2v) is 3.71. The molecule has 1 atom stereocenters. The molecule has 104 valence electrons. The molecule has 0 aliphatic carbocycles. The number of aliphatic carboxylic acids is 1. The quantitative estimate of drug-likeness (QED) is 0.435. The van der Waals surface area contributed by atoms with E-state index in [1.807, 2.05) is 5.48 Å². The second-order valence-electron chi connectivity index (χ2n) is 3.71. The summed E-state index contributed by atoms with van der Waals surface area (Å²) in [6.45, 7) is 0.751. The number of carboxylic acid groups (broad SMARTS) is 1. The van der Waals surface area contributed by atoms with Crippen molar-refractivity contribution in [3.05, 3.63) is 0 Å². The highest BCUT2D eigenvalue weighted by molar-refractivity contribution is 5.73. The maximum Gasteiger partial charge on any atom is 0.338 e. The zero-order valence-corrected chi connectivity index (χ0v) is 10.0. The van der Waals surface area contributed by atoms with Gasteiger partial charge < -0.3 is 19.9 Å². The summed E-state index contributed by atoms with van der Waals surface area (Å²) in [6, 6.07) is -0.607. The molecule has 1 unspecified atom stereocenters. The molecule has 0 aromatic heterocycles. The highest BCUT2D eigenvalue weighted by Gasteiger charge is 2.13. The van der Waals surface area contributed by atoms with Crippen molar-refractivity contribution in [1.29, 1.82) is 0 Å². The van der Waals surface area contributed by atoms with Crippen molar-refractivity contribution in [1.82, 2.24) is 10.8 Å². The molecule has 1 saturated heterocycles. The first-order valence-corrected chi connectivity index (χ1v) is 5.79. The highest BCUT2D eigenvalue weighted by Crippen LogP contribution is 2.12. The highest BCUT2D eigenvalue weighted by atomic mass is 16.7. The Labute approximate surface area is 105 Å². The number of urea groups is 1. The van der Waals surface area contributed by atoms with Crippen molar-refractivity contribution in [3.63, 3.8) is 0 Å². The molecule has 0 aromatic rings. The topological polar surface area (TPSA) is 106 Å². The number of rotatable bonds is 7. The molecule has 0 bridgehead atoms. The van der Waals surface area contributed by atoms with Crippen LogP contribution in [0, 0.1) is 0 Å². The predicted molar refractivity (Wildman–Crippen MR) is 59.7 cm³/mol.